The van der Waals surface area contributed by atoms with Gasteiger partial charge < -0.3 is 15.0 Å². The third-order valence-corrected chi connectivity index (χ3v) is 4.17. The van der Waals surface area contributed by atoms with Crippen molar-refractivity contribution in [3.05, 3.63) is 16.0 Å². The highest BCUT2D eigenvalue weighted by Gasteiger charge is 2.12. The standard InChI is InChI=1S/C15H27BrN4O/c1-5-9-17-15-14(16)12(11-21-4)18-13(19-15)8-10-20(6-2)7-3/h5-11H2,1-4H3,(H,17,18,19). The Labute approximate surface area is 136 Å². The zero-order valence-corrected chi connectivity index (χ0v) is 15.2. The highest BCUT2D eigenvalue weighted by molar-refractivity contribution is 9.10. The number of aromatic nitrogens is 2. The minimum Gasteiger partial charge on any atom is -0.378 e. The molecular weight excluding hydrogens is 332 g/mol. The van der Waals surface area contributed by atoms with Gasteiger partial charge >= 0.3 is 0 Å². The molecule has 1 rings (SSSR count). The molecule has 6 heteroatoms. The summed E-state index contributed by atoms with van der Waals surface area (Å²) in [7, 11) is 1.68. The number of hydrogen-bond donors (Lipinski definition) is 1. The van der Waals surface area contributed by atoms with Crippen molar-refractivity contribution < 1.29 is 4.74 Å². The topological polar surface area (TPSA) is 50.3 Å². The second-order valence-corrected chi connectivity index (χ2v) is 5.68. The summed E-state index contributed by atoms with van der Waals surface area (Å²) in [5.41, 5.74) is 0.903. The Morgan fingerprint density at radius 2 is 1.90 bits per heavy atom. The third kappa shape index (κ3) is 5.88. The number of hydrogen-bond acceptors (Lipinski definition) is 5. The summed E-state index contributed by atoms with van der Waals surface area (Å²) >= 11 is 3.58. The first-order valence-corrected chi connectivity index (χ1v) is 8.45. The molecule has 0 atom stereocenters. The first kappa shape index (κ1) is 18.3. The minimum atomic E-state index is 0.488. The Morgan fingerprint density at radius 1 is 1.19 bits per heavy atom. The molecule has 0 spiro atoms. The molecule has 0 unspecified atom stereocenters. The fraction of sp³-hybridized carbons (Fsp3) is 0.733. The average Bonchev–Trinajstić information content (AvgIpc) is 2.50. The van der Waals surface area contributed by atoms with Crippen molar-refractivity contribution in [1.82, 2.24) is 14.9 Å². The maximum Gasteiger partial charge on any atom is 0.144 e. The van der Waals surface area contributed by atoms with Gasteiger partial charge in [-0.25, -0.2) is 9.97 Å². The van der Waals surface area contributed by atoms with Gasteiger partial charge in [0.25, 0.3) is 0 Å². The van der Waals surface area contributed by atoms with Gasteiger partial charge in [-0.3, -0.25) is 0 Å². The van der Waals surface area contributed by atoms with E-state index in [0.717, 1.165) is 60.8 Å². The highest BCUT2D eigenvalue weighted by atomic mass is 79.9. The molecule has 0 fully saturated rings. The van der Waals surface area contributed by atoms with Crippen molar-refractivity contribution in [2.75, 3.05) is 38.6 Å². The number of anilines is 1. The Morgan fingerprint density at radius 3 is 2.48 bits per heavy atom. The van der Waals surface area contributed by atoms with E-state index in [1.807, 2.05) is 0 Å². The van der Waals surface area contributed by atoms with Gasteiger partial charge in [0.15, 0.2) is 0 Å². The lowest BCUT2D eigenvalue weighted by Gasteiger charge is -2.18. The number of ether oxygens (including phenoxy) is 1. The van der Waals surface area contributed by atoms with E-state index >= 15 is 0 Å². The lowest BCUT2D eigenvalue weighted by molar-refractivity contribution is 0.180. The van der Waals surface area contributed by atoms with Gasteiger partial charge in [-0.05, 0) is 35.4 Å². The molecule has 0 saturated carbocycles. The lowest BCUT2D eigenvalue weighted by atomic mass is 10.3. The zero-order chi connectivity index (χ0) is 15.7. The van der Waals surface area contributed by atoms with Crippen molar-refractivity contribution in [1.29, 1.82) is 0 Å². The van der Waals surface area contributed by atoms with Gasteiger partial charge in [-0.15, -0.1) is 0 Å². The predicted octanol–water partition coefficient (Wildman–Crippen LogP) is 3.09. The molecule has 0 aromatic carbocycles. The van der Waals surface area contributed by atoms with Gasteiger partial charge in [0.1, 0.15) is 11.6 Å². The van der Waals surface area contributed by atoms with Gasteiger partial charge in [-0.2, -0.15) is 0 Å². The molecular formula is C15H27BrN4O. The second-order valence-electron chi connectivity index (χ2n) is 4.89. The van der Waals surface area contributed by atoms with Gasteiger partial charge in [0.2, 0.25) is 0 Å². The lowest BCUT2D eigenvalue weighted by Crippen LogP contribution is -2.26. The Kier molecular flexibility index (Phi) is 8.80. The first-order valence-electron chi connectivity index (χ1n) is 7.66. The zero-order valence-electron chi connectivity index (χ0n) is 13.6. The number of likely N-dealkylation sites (N-methyl/N-ethyl adjacent to an activating group) is 1. The number of nitrogens with one attached hydrogen (secondary N) is 1. The molecule has 1 aromatic heterocycles. The molecule has 120 valence electrons. The maximum atomic E-state index is 5.23. The van der Waals surface area contributed by atoms with E-state index in [0.29, 0.717) is 6.61 Å². The number of methoxy groups -OCH3 is 1. The number of nitrogens with zero attached hydrogens (tertiary/aromatic N) is 3. The summed E-state index contributed by atoms with van der Waals surface area (Å²) in [5.74, 6) is 1.74. The molecule has 1 heterocycles. The summed E-state index contributed by atoms with van der Waals surface area (Å²) in [4.78, 5) is 11.6. The monoisotopic (exact) mass is 358 g/mol. The molecule has 1 N–H and O–H groups in total. The summed E-state index contributed by atoms with van der Waals surface area (Å²) in [6.07, 6.45) is 1.91. The van der Waals surface area contributed by atoms with Crippen LogP contribution < -0.4 is 5.32 Å². The van der Waals surface area contributed by atoms with Crippen LogP contribution in [0.25, 0.3) is 0 Å². The van der Waals surface area contributed by atoms with E-state index in [-0.39, 0.29) is 0 Å². The largest absolute Gasteiger partial charge is 0.378 e. The highest BCUT2D eigenvalue weighted by Crippen LogP contribution is 2.24. The van der Waals surface area contributed by atoms with Crippen LogP contribution in [0.2, 0.25) is 0 Å². The van der Waals surface area contributed by atoms with Crippen LogP contribution in [0.15, 0.2) is 4.47 Å². The molecule has 0 aliphatic rings. The van der Waals surface area contributed by atoms with Gasteiger partial charge in [0, 0.05) is 26.6 Å². The summed E-state index contributed by atoms with van der Waals surface area (Å²) in [6.45, 7) is 11.0. The Bertz CT molecular complexity index is 424. The SMILES string of the molecule is CCCNc1nc(CCN(CC)CC)nc(COC)c1Br. The van der Waals surface area contributed by atoms with Crippen molar-refractivity contribution in [3.63, 3.8) is 0 Å². The van der Waals surface area contributed by atoms with E-state index in [1.165, 1.54) is 0 Å². The number of rotatable bonds is 10. The fourth-order valence-corrected chi connectivity index (χ4v) is 2.48. The smallest absolute Gasteiger partial charge is 0.144 e. The van der Waals surface area contributed by atoms with Crippen LogP contribution in [0, 0.1) is 0 Å². The maximum absolute atomic E-state index is 5.23. The van der Waals surface area contributed by atoms with Gasteiger partial charge in [-0.1, -0.05) is 20.8 Å². The molecule has 0 radical (unpaired) electrons. The van der Waals surface area contributed by atoms with Crippen LogP contribution in [0.3, 0.4) is 0 Å². The van der Waals surface area contributed by atoms with Crippen LogP contribution in [-0.4, -0.2) is 48.2 Å². The Balaban J connectivity index is 2.88. The van der Waals surface area contributed by atoms with Crippen molar-refractivity contribution in [2.24, 2.45) is 0 Å². The molecule has 5 nitrogen and oxygen atoms in total. The molecule has 1 aromatic rings. The Hall–Kier alpha value is -0.720. The summed E-state index contributed by atoms with van der Waals surface area (Å²) < 4.78 is 6.14. The minimum absolute atomic E-state index is 0.488. The van der Waals surface area contributed by atoms with Crippen LogP contribution in [0.1, 0.15) is 38.7 Å². The molecule has 0 bridgehead atoms. The van der Waals surface area contributed by atoms with Crippen LogP contribution in [0.4, 0.5) is 5.82 Å². The quantitative estimate of drug-likeness (QED) is 0.696. The van der Waals surface area contributed by atoms with E-state index in [9.17, 15) is 0 Å². The summed E-state index contributed by atoms with van der Waals surface area (Å²) in [6, 6.07) is 0. The van der Waals surface area contributed by atoms with Gasteiger partial charge in [0.05, 0.1) is 16.8 Å². The fourth-order valence-electron chi connectivity index (χ4n) is 2.05. The second kappa shape index (κ2) is 10.1. The van der Waals surface area contributed by atoms with Crippen LogP contribution in [-0.2, 0) is 17.8 Å². The van der Waals surface area contributed by atoms with E-state index in [1.54, 1.807) is 7.11 Å². The van der Waals surface area contributed by atoms with Crippen molar-refractivity contribution >= 4 is 21.7 Å². The van der Waals surface area contributed by atoms with Crippen molar-refractivity contribution in [3.8, 4) is 0 Å². The average molecular weight is 359 g/mol. The summed E-state index contributed by atoms with van der Waals surface area (Å²) in [5, 5.41) is 3.35. The van der Waals surface area contributed by atoms with Crippen LogP contribution >= 0.6 is 15.9 Å². The molecule has 0 aliphatic carbocycles. The first-order chi connectivity index (χ1) is 10.2. The number of halogens is 1. The van der Waals surface area contributed by atoms with Crippen molar-refractivity contribution in [2.45, 2.75) is 40.2 Å². The van der Waals surface area contributed by atoms with Crippen LogP contribution in [0.5, 0.6) is 0 Å². The molecule has 0 amide bonds. The third-order valence-electron chi connectivity index (χ3n) is 3.34. The molecule has 21 heavy (non-hydrogen) atoms. The molecule has 0 saturated heterocycles. The van der Waals surface area contributed by atoms with E-state index < -0.39 is 0 Å². The molecule has 0 aliphatic heterocycles. The van der Waals surface area contributed by atoms with E-state index in [4.69, 9.17) is 4.74 Å². The normalized spacial score (nSPS) is 11.1. The van der Waals surface area contributed by atoms with E-state index in [2.05, 4.69) is 56.9 Å². The predicted molar refractivity (Wildman–Crippen MR) is 90.7 cm³/mol.